The highest BCUT2D eigenvalue weighted by molar-refractivity contribution is 14.0. The second-order valence-corrected chi connectivity index (χ2v) is 8.82. The maximum atomic E-state index is 13.5. The first-order valence-corrected chi connectivity index (χ1v) is 9.86. The third-order valence-corrected chi connectivity index (χ3v) is 6.06. The minimum atomic E-state index is -0.172. The summed E-state index contributed by atoms with van der Waals surface area (Å²) in [4.78, 5) is 8.99. The van der Waals surface area contributed by atoms with Gasteiger partial charge in [-0.25, -0.2) is 9.37 Å². The van der Waals surface area contributed by atoms with Crippen molar-refractivity contribution in [2.45, 2.75) is 51.0 Å². The third-order valence-electron chi connectivity index (χ3n) is 4.74. The molecule has 1 fully saturated rings. The first-order chi connectivity index (χ1) is 12.3. The Morgan fingerprint density at radius 2 is 2.04 bits per heavy atom. The molecule has 0 bridgehead atoms. The van der Waals surface area contributed by atoms with Crippen molar-refractivity contribution in [1.82, 2.24) is 15.6 Å². The van der Waals surface area contributed by atoms with E-state index in [1.54, 1.807) is 30.5 Å². The third kappa shape index (κ3) is 5.63. The van der Waals surface area contributed by atoms with E-state index in [9.17, 15) is 4.39 Å². The molecular formula is C20H28FIN4S. The van der Waals surface area contributed by atoms with Crippen LogP contribution in [0.2, 0.25) is 0 Å². The molecule has 4 nitrogen and oxygen atoms in total. The number of aromatic nitrogens is 1. The fourth-order valence-corrected chi connectivity index (χ4v) is 3.82. The second kappa shape index (κ2) is 8.86. The number of hydrogen-bond acceptors (Lipinski definition) is 3. The molecule has 1 aromatic heterocycles. The molecule has 0 saturated heterocycles. The number of aliphatic imine (C=N–C) groups is 1. The van der Waals surface area contributed by atoms with Crippen LogP contribution >= 0.6 is 35.3 Å². The van der Waals surface area contributed by atoms with Crippen LogP contribution in [0, 0.1) is 5.82 Å². The molecule has 2 aromatic rings. The monoisotopic (exact) mass is 502 g/mol. The van der Waals surface area contributed by atoms with Crippen LogP contribution in [-0.4, -0.2) is 24.5 Å². The van der Waals surface area contributed by atoms with Crippen LogP contribution in [0.4, 0.5) is 4.39 Å². The molecule has 1 heterocycles. The maximum Gasteiger partial charge on any atom is 0.191 e. The predicted molar refractivity (Wildman–Crippen MR) is 122 cm³/mol. The van der Waals surface area contributed by atoms with E-state index in [1.807, 2.05) is 6.07 Å². The molecule has 27 heavy (non-hydrogen) atoms. The SMILES string of the molecule is CN=C(NCc1csc(C(C)(C)C)n1)NCC1(c2cccc(F)c2)CC1.I. The summed E-state index contributed by atoms with van der Waals surface area (Å²) in [5.41, 5.74) is 2.19. The molecule has 0 atom stereocenters. The summed E-state index contributed by atoms with van der Waals surface area (Å²) < 4.78 is 13.5. The van der Waals surface area contributed by atoms with Gasteiger partial charge in [0.25, 0.3) is 0 Å². The van der Waals surface area contributed by atoms with Gasteiger partial charge in [0.15, 0.2) is 5.96 Å². The van der Waals surface area contributed by atoms with Gasteiger partial charge in [-0.1, -0.05) is 32.9 Å². The highest BCUT2D eigenvalue weighted by Gasteiger charge is 2.44. The van der Waals surface area contributed by atoms with Crippen molar-refractivity contribution in [3.05, 3.63) is 51.7 Å². The number of guanidine groups is 1. The molecule has 148 valence electrons. The van der Waals surface area contributed by atoms with Crippen molar-refractivity contribution in [2.75, 3.05) is 13.6 Å². The molecule has 0 amide bonds. The molecule has 2 N–H and O–H groups in total. The fraction of sp³-hybridized carbons (Fsp3) is 0.500. The summed E-state index contributed by atoms with van der Waals surface area (Å²) in [6, 6.07) is 6.94. The van der Waals surface area contributed by atoms with Gasteiger partial charge in [-0.2, -0.15) is 0 Å². The van der Waals surface area contributed by atoms with Crippen LogP contribution in [0.3, 0.4) is 0 Å². The standard InChI is InChI=1S/C20H27FN4S.HI/c1-19(2,3)17-25-16(12-26-17)11-23-18(22-4)24-13-20(8-9-20)14-6-5-7-15(21)10-14;/h5-7,10,12H,8-9,11,13H2,1-4H3,(H2,22,23,24);1H. The van der Waals surface area contributed by atoms with Crippen LogP contribution in [0.5, 0.6) is 0 Å². The Morgan fingerprint density at radius 1 is 1.30 bits per heavy atom. The lowest BCUT2D eigenvalue weighted by Crippen LogP contribution is -2.41. The van der Waals surface area contributed by atoms with Crippen molar-refractivity contribution in [2.24, 2.45) is 4.99 Å². The number of hydrogen-bond donors (Lipinski definition) is 2. The van der Waals surface area contributed by atoms with E-state index < -0.39 is 0 Å². The molecule has 0 aliphatic heterocycles. The number of thiazole rings is 1. The van der Waals surface area contributed by atoms with Gasteiger partial charge in [0.05, 0.1) is 17.2 Å². The summed E-state index contributed by atoms with van der Waals surface area (Å²) in [7, 11) is 1.76. The molecule has 0 radical (unpaired) electrons. The molecule has 1 saturated carbocycles. The summed E-state index contributed by atoms with van der Waals surface area (Å²) in [5, 5.41) is 9.94. The topological polar surface area (TPSA) is 49.3 Å². The summed E-state index contributed by atoms with van der Waals surface area (Å²) in [5.74, 6) is 0.576. The van der Waals surface area contributed by atoms with Gasteiger partial charge in [0.2, 0.25) is 0 Å². The van der Waals surface area contributed by atoms with Crippen molar-refractivity contribution in [3.8, 4) is 0 Å². The second-order valence-electron chi connectivity index (χ2n) is 7.96. The summed E-state index contributed by atoms with van der Waals surface area (Å²) in [6.07, 6.45) is 2.14. The Hall–Kier alpha value is -1.22. The normalized spacial score (nSPS) is 15.8. The summed E-state index contributed by atoms with van der Waals surface area (Å²) >= 11 is 1.70. The first-order valence-electron chi connectivity index (χ1n) is 8.98. The molecule has 3 rings (SSSR count). The smallest absolute Gasteiger partial charge is 0.191 e. The van der Waals surface area contributed by atoms with Crippen LogP contribution < -0.4 is 10.6 Å². The van der Waals surface area contributed by atoms with Gasteiger partial charge < -0.3 is 10.6 Å². The predicted octanol–water partition coefficient (Wildman–Crippen LogP) is 4.59. The molecule has 1 aromatic carbocycles. The number of rotatable bonds is 5. The molecule has 1 aliphatic carbocycles. The Bertz CT molecular complexity index is 793. The van der Waals surface area contributed by atoms with Gasteiger partial charge in [-0.3, -0.25) is 4.99 Å². The Kier molecular flexibility index (Phi) is 7.24. The van der Waals surface area contributed by atoms with Gasteiger partial charge in [0, 0.05) is 29.8 Å². The first kappa shape index (κ1) is 22.1. The van der Waals surface area contributed by atoms with Crippen molar-refractivity contribution < 1.29 is 4.39 Å². The molecule has 7 heteroatoms. The van der Waals surface area contributed by atoms with Gasteiger partial charge >= 0.3 is 0 Å². The van der Waals surface area contributed by atoms with E-state index in [4.69, 9.17) is 4.98 Å². The lowest BCUT2D eigenvalue weighted by molar-refractivity contribution is 0.582. The highest BCUT2D eigenvalue weighted by Crippen LogP contribution is 2.47. The minimum Gasteiger partial charge on any atom is -0.356 e. The van der Waals surface area contributed by atoms with E-state index in [0.717, 1.165) is 41.6 Å². The number of halogens is 2. The largest absolute Gasteiger partial charge is 0.356 e. The quantitative estimate of drug-likeness (QED) is 0.357. The zero-order valence-electron chi connectivity index (χ0n) is 16.3. The molecule has 0 unspecified atom stereocenters. The average molecular weight is 502 g/mol. The molecule has 1 aliphatic rings. The van der Waals surface area contributed by atoms with Gasteiger partial charge in [0.1, 0.15) is 5.82 Å². The van der Waals surface area contributed by atoms with E-state index in [2.05, 4.69) is 41.8 Å². The van der Waals surface area contributed by atoms with E-state index >= 15 is 0 Å². The van der Waals surface area contributed by atoms with Gasteiger partial charge in [-0.05, 0) is 30.5 Å². The minimum absolute atomic E-state index is 0. The van der Waals surface area contributed by atoms with Crippen LogP contribution in [0.1, 0.15) is 49.9 Å². The Labute approximate surface area is 182 Å². The Balaban J connectivity index is 0.00000261. The number of nitrogens with one attached hydrogen (secondary N) is 2. The average Bonchev–Trinajstić information content (AvgIpc) is 3.22. The van der Waals surface area contributed by atoms with Crippen LogP contribution in [0.15, 0.2) is 34.6 Å². The number of nitrogens with zero attached hydrogens (tertiary/aromatic N) is 2. The zero-order chi connectivity index (χ0) is 18.8. The zero-order valence-corrected chi connectivity index (χ0v) is 19.5. The van der Waals surface area contributed by atoms with Crippen molar-refractivity contribution in [3.63, 3.8) is 0 Å². The van der Waals surface area contributed by atoms with Crippen molar-refractivity contribution >= 4 is 41.3 Å². The lowest BCUT2D eigenvalue weighted by atomic mass is 9.96. The molecular weight excluding hydrogens is 474 g/mol. The number of benzene rings is 1. The Morgan fingerprint density at radius 3 is 2.59 bits per heavy atom. The lowest BCUT2D eigenvalue weighted by Gasteiger charge is -2.19. The maximum absolute atomic E-state index is 13.5. The van der Waals surface area contributed by atoms with Crippen molar-refractivity contribution in [1.29, 1.82) is 0 Å². The molecule has 0 spiro atoms. The van der Waals surface area contributed by atoms with Gasteiger partial charge in [-0.15, -0.1) is 35.3 Å². The van der Waals surface area contributed by atoms with Crippen LogP contribution in [0.25, 0.3) is 0 Å². The van der Waals surface area contributed by atoms with Crippen LogP contribution in [-0.2, 0) is 17.4 Å². The summed E-state index contributed by atoms with van der Waals surface area (Å²) in [6.45, 7) is 7.90. The van der Waals surface area contributed by atoms with E-state index in [-0.39, 0.29) is 40.6 Å². The highest BCUT2D eigenvalue weighted by atomic mass is 127. The van der Waals surface area contributed by atoms with E-state index in [0.29, 0.717) is 6.54 Å². The van der Waals surface area contributed by atoms with E-state index in [1.165, 1.54) is 6.07 Å². The fourth-order valence-electron chi connectivity index (χ4n) is 2.92.